The lowest BCUT2D eigenvalue weighted by molar-refractivity contribution is -0.101. The number of rotatable bonds is 30. The summed E-state index contributed by atoms with van der Waals surface area (Å²) in [7, 11) is -3.24. The second-order valence-corrected chi connectivity index (χ2v) is 17.0. The number of aliphatic hydroxyl groups is 2. The predicted molar refractivity (Wildman–Crippen MR) is 220 cm³/mol. The van der Waals surface area contributed by atoms with E-state index in [1.165, 1.54) is 108 Å². The minimum atomic E-state index is -4.72. The van der Waals surface area contributed by atoms with Crippen LogP contribution in [0.25, 0.3) is 5.52 Å². The molecule has 58 heavy (non-hydrogen) atoms. The van der Waals surface area contributed by atoms with Crippen molar-refractivity contribution >= 4 is 19.2 Å². The molecule has 1 aromatic carbocycles. The number of anilines is 1. The number of aromatic nitrogens is 3. The molecule has 0 bridgehead atoms. The smallest absolute Gasteiger partial charge is 0.472 e. The van der Waals surface area contributed by atoms with Gasteiger partial charge in [-0.1, -0.05) is 109 Å². The molecule has 3 heterocycles. The average molecular weight is 832 g/mol. The van der Waals surface area contributed by atoms with Crippen molar-refractivity contribution < 1.29 is 47.7 Å². The summed E-state index contributed by atoms with van der Waals surface area (Å²) < 4.78 is 48.2. The largest absolute Gasteiger partial charge is 0.495 e. The molecule has 1 aliphatic heterocycles. The van der Waals surface area contributed by atoms with E-state index in [-0.39, 0.29) is 37.9 Å². The minimum absolute atomic E-state index is 0.0768. The lowest BCUT2D eigenvalue weighted by atomic mass is 9.86. The molecule has 3 aromatic rings. The van der Waals surface area contributed by atoms with E-state index in [0.717, 1.165) is 19.3 Å². The third-order valence-electron chi connectivity index (χ3n) is 10.8. The van der Waals surface area contributed by atoms with Crippen LogP contribution in [0.3, 0.4) is 0 Å². The molecule has 324 valence electrons. The van der Waals surface area contributed by atoms with Crippen molar-refractivity contribution in [2.75, 3.05) is 45.9 Å². The number of nitriles is 1. The Morgan fingerprint density at radius 2 is 1.62 bits per heavy atom. The van der Waals surface area contributed by atoms with Crippen LogP contribution in [0.1, 0.15) is 133 Å². The Labute approximate surface area is 343 Å². The zero-order valence-corrected chi connectivity index (χ0v) is 35.6. The maximum absolute atomic E-state index is 13.1. The number of benzene rings is 1. The maximum Gasteiger partial charge on any atom is 0.472 e. The summed E-state index contributed by atoms with van der Waals surface area (Å²) in [6, 6.07) is 10.4. The summed E-state index contributed by atoms with van der Waals surface area (Å²) in [5.41, 5.74) is 4.07. The Hall–Kier alpha value is -3.16. The fraction of sp³-hybridized carbons (Fsp3) is 0.690. The number of phosphoric ester groups is 1. The summed E-state index contributed by atoms with van der Waals surface area (Å²) >= 11 is 0. The molecule has 1 aliphatic rings. The maximum atomic E-state index is 13.1. The first-order valence-electron chi connectivity index (χ1n) is 21.0. The quantitative estimate of drug-likeness (QED) is 0.0378. The van der Waals surface area contributed by atoms with E-state index in [4.69, 9.17) is 33.7 Å². The lowest BCUT2D eigenvalue weighted by Crippen LogP contribution is -2.49. The summed E-state index contributed by atoms with van der Waals surface area (Å²) in [5.74, 6) is 0.627. The van der Waals surface area contributed by atoms with Crippen LogP contribution in [-0.2, 0) is 40.0 Å². The summed E-state index contributed by atoms with van der Waals surface area (Å²) in [5, 5.41) is 36.5. The van der Waals surface area contributed by atoms with Gasteiger partial charge in [0.05, 0.1) is 51.4 Å². The molecule has 16 heteroatoms. The number of aliphatic hydroxyl groups excluding tert-OH is 1. The van der Waals surface area contributed by atoms with Crippen molar-refractivity contribution in [3.8, 4) is 11.8 Å². The molecule has 5 N–H and O–H groups in total. The fourth-order valence-corrected chi connectivity index (χ4v) is 8.08. The van der Waals surface area contributed by atoms with Crippen LogP contribution in [0.15, 0.2) is 36.7 Å². The highest BCUT2D eigenvalue weighted by atomic mass is 31.2. The van der Waals surface area contributed by atoms with Gasteiger partial charge in [0.1, 0.15) is 41.5 Å². The van der Waals surface area contributed by atoms with Gasteiger partial charge in [-0.15, -0.1) is 0 Å². The molecule has 1 unspecified atom stereocenters. The third kappa shape index (κ3) is 14.2. The SMILES string of the molecule is CCCCCCCCCCCCCCCCCCOC[C@H](COP(=O)(O)OC[C@@]1(C)OC[C@@](O)(c2ccc3c(N)ncnn23)[C@@H]1O)OCc1ccc(OC)c(C#N)c1. The fourth-order valence-electron chi connectivity index (χ4n) is 7.24. The first kappa shape index (κ1) is 47.5. The lowest BCUT2D eigenvalue weighted by Gasteiger charge is -2.32. The number of nitrogen functional groups attached to an aromatic ring is 1. The van der Waals surface area contributed by atoms with Crippen LogP contribution in [-0.4, -0.2) is 87.7 Å². The van der Waals surface area contributed by atoms with Gasteiger partial charge in [-0.25, -0.2) is 14.1 Å². The van der Waals surface area contributed by atoms with Gasteiger partial charge in [-0.3, -0.25) is 9.05 Å². The molecule has 4 rings (SSSR count). The van der Waals surface area contributed by atoms with Crippen molar-refractivity contribution in [3.63, 3.8) is 0 Å². The van der Waals surface area contributed by atoms with Crippen molar-refractivity contribution in [3.05, 3.63) is 53.5 Å². The van der Waals surface area contributed by atoms with Crippen LogP contribution in [0.5, 0.6) is 5.75 Å². The molecule has 0 aliphatic carbocycles. The second kappa shape index (κ2) is 24.2. The van der Waals surface area contributed by atoms with Crippen LogP contribution >= 0.6 is 7.82 Å². The number of unbranched alkanes of at least 4 members (excludes halogenated alkanes) is 15. The van der Waals surface area contributed by atoms with Crippen LogP contribution < -0.4 is 10.5 Å². The third-order valence-corrected chi connectivity index (χ3v) is 11.8. The van der Waals surface area contributed by atoms with Gasteiger partial charge in [0.2, 0.25) is 0 Å². The van der Waals surface area contributed by atoms with Gasteiger partial charge < -0.3 is 39.8 Å². The van der Waals surface area contributed by atoms with E-state index in [1.807, 2.05) is 0 Å². The molecular weight excluding hydrogens is 765 g/mol. The highest BCUT2D eigenvalue weighted by Gasteiger charge is 2.58. The highest BCUT2D eigenvalue weighted by molar-refractivity contribution is 7.47. The number of methoxy groups -OCH3 is 1. The molecule has 0 spiro atoms. The molecule has 5 atom stereocenters. The molecule has 1 saturated heterocycles. The van der Waals surface area contributed by atoms with Crippen molar-refractivity contribution in [1.82, 2.24) is 14.6 Å². The number of hydrogen-bond donors (Lipinski definition) is 4. The molecule has 0 amide bonds. The van der Waals surface area contributed by atoms with E-state index in [2.05, 4.69) is 23.1 Å². The first-order chi connectivity index (χ1) is 28.0. The number of nitrogens with zero attached hydrogens (tertiary/aromatic N) is 4. The zero-order valence-electron chi connectivity index (χ0n) is 34.7. The van der Waals surface area contributed by atoms with Gasteiger partial charge in [-0.05, 0) is 43.2 Å². The highest BCUT2D eigenvalue weighted by Crippen LogP contribution is 2.47. The molecule has 15 nitrogen and oxygen atoms in total. The topological polar surface area (TPSA) is 213 Å². The van der Waals surface area contributed by atoms with Gasteiger partial charge in [0.15, 0.2) is 11.4 Å². The van der Waals surface area contributed by atoms with E-state index < -0.39 is 37.8 Å². The van der Waals surface area contributed by atoms with Gasteiger partial charge in [0, 0.05) is 6.61 Å². The Balaban J connectivity index is 1.20. The zero-order chi connectivity index (χ0) is 41.9. The number of phosphoric acid groups is 1. The molecule has 0 radical (unpaired) electrons. The minimum Gasteiger partial charge on any atom is -0.495 e. The van der Waals surface area contributed by atoms with Gasteiger partial charge in [0.25, 0.3) is 0 Å². The van der Waals surface area contributed by atoms with Crippen molar-refractivity contribution in [2.24, 2.45) is 0 Å². The monoisotopic (exact) mass is 831 g/mol. The second-order valence-electron chi connectivity index (χ2n) is 15.6. The normalized spacial score (nSPS) is 20.9. The van der Waals surface area contributed by atoms with Crippen LogP contribution in [0.2, 0.25) is 0 Å². The van der Waals surface area contributed by atoms with E-state index in [0.29, 0.717) is 29.0 Å². The summed E-state index contributed by atoms with van der Waals surface area (Å²) in [6.07, 6.45) is 19.3. The molecule has 2 aromatic heterocycles. The molecular formula is C42H66N5O10P. The summed E-state index contributed by atoms with van der Waals surface area (Å²) in [4.78, 5) is 14.6. The number of fused-ring (bicyclic) bond motifs is 1. The standard InChI is InChI=1S/C42H66N5O10P/c1-4-5-6-7-8-9-10-11-12-13-14-15-16-17-18-19-24-53-28-35(54-27-33-20-22-37(52-3)34(25-33)26-43)29-56-58(50,51)57-30-41(2)40(48)42(49,31-55-41)38-23-21-36-39(44)45-32-46-47(36)38/h20-23,25,32,35,40,48-49H,4-19,24,27-31H2,1-3H3,(H,50,51)(H2,44,45,46)/t35-,40-,41-,42-/m1/s1. The van der Waals surface area contributed by atoms with E-state index >= 15 is 0 Å². The average Bonchev–Trinajstić information content (AvgIpc) is 3.77. The van der Waals surface area contributed by atoms with E-state index in [9.17, 15) is 24.9 Å². The van der Waals surface area contributed by atoms with Gasteiger partial charge >= 0.3 is 7.82 Å². The van der Waals surface area contributed by atoms with Gasteiger partial charge in [-0.2, -0.15) is 10.4 Å². The van der Waals surface area contributed by atoms with Crippen molar-refractivity contribution in [1.29, 1.82) is 5.26 Å². The Morgan fingerprint density at radius 1 is 0.983 bits per heavy atom. The molecule has 1 fully saturated rings. The predicted octanol–water partition coefficient (Wildman–Crippen LogP) is 7.53. The number of nitrogens with two attached hydrogens (primary N) is 1. The Bertz CT molecular complexity index is 1760. The Morgan fingerprint density at radius 3 is 2.24 bits per heavy atom. The molecule has 0 saturated carbocycles. The van der Waals surface area contributed by atoms with Crippen molar-refractivity contribution in [2.45, 2.75) is 147 Å². The number of hydrogen-bond acceptors (Lipinski definition) is 13. The van der Waals surface area contributed by atoms with Crippen LogP contribution in [0.4, 0.5) is 5.82 Å². The van der Waals surface area contributed by atoms with Crippen LogP contribution in [0, 0.1) is 11.3 Å². The number of ether oxygens (including phenoxy) is 4. The summed E-state index contributed by atoms with van der Waals surface area (Å²) in [6.45, 7) is 3.08. The Kier molecular flexibility index (Phi) is 19.8. The first-order valence-corrected chi connectivity index (χ1v) is 22.5. The van der Waals surface area contributed by atoms with E-state index in [1.54, 1.807) is 30.3 Å².